The summed E-state index contributed by atoms with van der Waals surface area (Å²) in [6.45, 7) is 8.68. The highest BCUT2D eigenvalue weighted by molar-refractivity contribution is 7.99. The summed E-state index contributed by atoms with van der Waals surface area (Å²) in [6, 6.07) is 0. The lowest BCUT2D eigenvalue weighted by molar-refractivity contribution is -0.139. The standard InChI is InChI=1S/C18H22N2O3S2/c1-4-23-14(21)10-24-18-19-15-16(22)12-7-5-6-8-13(12)25-17(15)20(18)9-11(2)3/h2,4-10H2,1,3H3. The van der Waals surface area contributed by atoms with E-state index in [1.165, 1.54) is 16.6 Å². The molecule has 0 amide bonds. The van der Waals surface area contributed by atoms with E-state index >= 15 is 0 Å². The van der Waals surface area contributed by atoms with Crippen LogP contribution in [0, 0.1) is 0 Å². The molecule has 0 N–H and O–H groups in total. The van der Waals surface area contributed by atoms with Crippen LogP contribution in [-0.4, -0.2) is 27.9 Å². The molecular formula is C18H22N2O3S2. The highest BCUT2D eigenvalue weighted by Gasteiger charge is 2.22. The summed E-state index contributed by atoms with van der Waals surface area (Å²) in [4.78, 5) is 31.2. The van der Waals surface area contributed by atoms with Gasteiger partial charge in [0, 0.05) is 17.0 Å². The third-order valence-corrected chi connectivity index (χ3v) is 6.32. The van der Waals surface area contributed by atoms with Gasteiger partial charge in [-0.2, -0.15) is 0 Å². The number of aromatic nitrogens is 2. The quantitative estimate of drug-likeness (QED) is 0.437. The number of aryl methyl sites for hydroxylation is 1. The first-order valence-corrected chi connectivity index (χ1v) is 10.3. The highest BCUT2D eigenvalue weighted by atomic mass is 32.2. The number of allylic oxidation sites excluding steroid dienone is 1. The number of nitrogens with zero attached hydrogens (tertiary/aromatic N) is 2. The fraction of sp³-hybridized carbons (Fsp3) is 0.500. The Morgan fingerprint density at radius 1 is 1.40 bits per heavy atom. The molecule has 0 aliphatic heterocycles. The van der Waals surface area contributed by atoms with Crippen LogP contribution in [0.1, 0.15) is 37.1 Å². The Morgan fingerprint density at radius 2 is 2.16 bits per heavy atom. The zero-order valence-corrected chi connectivity index (χ0v) is 16.2. The first kappa shape index (κ1) is 18.2. The predicted molar refractivity (Wildman–Crippen MR) is 103 cm³/mol. The van der Waals surface area contributed by atoms with Gasteiger partial charge in [-0.15, -0.1) is 11.3 Å². The molecule has 5 nitrogen and oxygen atoms in total. The van der Waals surface area contributed by atoms with Crippen LogP contribution in [0.5, 0.6) is 0 Å². The summed E-state index contributed by atoms with van der Waals surface area (Å²) in [5, 5.41) is 0.682. The molecule has 0 atom stereocenters. The molecule has 134 valence electrons. The van der Waals surface area contributed by atoms with Crippen molar-refractivity contribution in [3.05, 3.63) is 32.8 Å². The van der Waals surface area contributed by atoms with Crippen molar-refractivity contribution in [3.63, 3.8) is 0 Å². The van der Waals surface area contributed by atoms with E-state index in [9.17, 15) is 9.59 Å². The number of carbonyl (C=O) groups excluding carboxylic acids is 1. The van der Waals surface area contributed by atoms with Gasteiger partial charge in [-0.3, -0.25) is 9.59 Å². The highest BCUT2D eigenvalue weighted by Crippen LogP contribution is 2.31. The van der Waals surface area contributed by atoms with Crippen molar-refractivity contribution < 1.29 is 9.53 Å². The minimum atomic E-state index is -0.272. The van der Waals surface area contributed by atoms with Gasteiger partial charge in [0.1, 0.15) is 10.3 Å². The second-order valence-corrected chi connectivity index (χ2v) is 8.25. The first-order valence-electron chi connectivity index (χ1n) is 8.49. The number of hydrogen-bond acceptors (Lipinski definition) is 6. The topological polar surface area (TPSA) is 61.2 Å². The molecule has 0 radical (unpaired) electrons. The van der Waals surface area contributed by atoms with E-state index in [-0.39, 0.29) is 17.2 Å². The van der Waals surface area contributed by atoms with E-state index in [0.29, 0.717) is 23.8 Å². The molecular weight excluding hydrogens is 356 g/mol. The molecule has 2 aromatic rings. The van der Waals surface area contributed by atoms with E-state index in [4.69, 9.17) is 4.74 Å². The second-order valence-electron chi connectivity index (χ2n) is 6.23. The number of esters is 1. The van der Waals surface area contributed by atoms with Crippen molar-refractivity contribution in [2.45, 2.75) is 51.2 Å². The molecule has 0 saturated carbocycles. The normalized spacial score (nSPS) is 13.7. The Bertz CT molecular complexity index is 883. The third-order valence-electron chi connectivity index (χ3n) is 4.06. The van der Waals surface area contributed by atoms with Gasteiger partial charge in [-0.1, -0.05) is 23.9 Å². The Kier molecular flexibility index (Phi) is 5.64. The Balaban J connectivity index is 2.06. The molecule has 0 fully saturated rings. The van der Waals surface area contributed by atoms with Crippen molar-refractivity contribution in [2.24, 2.45) is 0 Å². The monoisotopic (exact) mass is 378 g/mol. The number of thioether (sulfide) groups is 1. The van der Waals surface area contributed by atoms with E-state index in [1.807, 2.05) is 11.5 Å². The number of hydrogen-bond donors (Lipinski definition) is 0. The van der Waals surface area contributed by atoms with E-state index in [2.05, 4.69) is 11.6 Å². The predicted octanol–water partition coefficient (Wildman–Crippen LogP) is 3.57. The molecule has 1 aliphatic rings. The van der Waals surface area contributed by atoms with Crippen molar-refractivity contribution in [3.8, 4) is 0 Å². The van der Waals surface area contributed by atoms with Crippen molar-refractivity contribution >= 4 is 39.4 Å². The van der Waals surface area contributed by atoms with Gasteiger partial charge < -0.3 is 9.30 Å². The van der Waals surface area contributed by atoms with Crippen LogP contribution in [0.25, 0.3) is 10.3 Å². The molecule has 0 unspecified atom stereocenters. The summed E-state index contributed by atoms with van der Waals surface area (Å²) in [5.41, 5.74) is 2.50. The fourth-order valence-electron chi connectivity index (χ4n) is 3.01. The zero-order valence-electron chi connectivity index (χ0n) is 14.6. The fourth-order valence-corrected chi connectivity index (χ4v) is 5.16. The summed E-state index contributed by atoms with van der Waals surface area (Å²) in [5.74, 6) is -0.0851. The largest absolute Gasteiger partial charge is 0.465 e. The van der Waals surface area contributed by atoms with Crippen LogP contribution in [0.3, 0.4) is 0 Å². The van der Waals surface area contributed by atoms with Crippen LogP contribution in [0.2, 0.25) is 0 Å². The Labute approximate surface area is 155 Å². The molecule has 25 heavy (non-hydrogen) atoms. The minimum Gasteiger partial charge on any atom is -0.465 e. The number of rotatable bonds is 6. The summed E-state index contributed by atoms with van der Waals surface area (Å²) in [7, 11) is 0. The maximum absolute atomic E-state index is 12.9. The van der Waals surface area contributed by atoms with Gasteiger partial charge in [0.2, 0.25) is 5.43 Å². The van der Waals surface area contributed by atoms with E-state index < -0.39 is 0 Å². The van der Waals surface area contributed by atoms with Crippen molar-refractivity contribution in [1.82, 2.24) is 9.55 Å². The third kappa shape index (κ3) is 3.82. The molecule has 2 aromatic heterocycles. The average Bonchev–Trinajstić information content (AvgIpc) is 2.91. The molecule has 0 saturated heterocycles. The van der Waals surface area contributed by atoms with Crippen LogP contribution >= 0.6 is 23.1 Å². The maximum Gasteiger partial charge on any atom is 0.316 e. The van der Waals surface area contributed by atoms with E-state index in [1.54, 1.807) is 18.3 Å². The second kappa shape index (κ2) is 7.74. The number of ether oxygens (including phenoxy) is 1. The van der Waals surface area contributed by atoms with Gasteiger partial charge in [0.25, 0.3) is 0 Å². The number of imidazole rings is 1. The SMILES string of the molecule is C=C(C)Cn1c(SCC(=O)OCC)nc2c(=O)c3c(sc21)CCCC3. The van der Waals surface area contributed by atoms with Gasteiger partial charge in [0.05, 0.1) is 12.4 Å². The zero-order chi connectivity index (χ0) is 18.0. The molecule has 0 aromatic carbocycles. The van der Waals surface area contributed by atoms with Crippen LogP contribution in [-0.2, 0) is 28.9 Å². The van der Waals surface area contributed by atoms with Gasteiger partial charge in [-0.25, -0.2) is 4.98 Å². The smallest absolute Gasteiger partial charge is 0.316 e. The lowest BCUT2D eigenvalue weighted by Gasteiger charge is -2.14. The van der Waals surface area contributed by atoms with Crippen LogP contribution in [0.15, 0.2) is 22.1 Å². The van der Waals surface area contributed by atoms with Crippen molar-refractivity contribution in [1.29, 1.82) is 0 Å². The molecule has 0 spiro atoms. The van der Waals surface area contributed by atoms with E-state index in [0.717, 1.165) is 41.7 Å². The molecule has 2 heterocycles. The number of fused-ring (bicyclic) bond motifs is 2. The lowest BCUT2D eigenvalue weighted by atomic mass is 9.98. The molecule has 3 rings (SSSR count). The summed E-state index contributed by atoms with van der Waals surface area (Å²) < 4.78 is 7.01. The Morgan fingerprint density at radius 3 is 2.88 bits per heavy atom. The van der Waals surface area contributed by atoms with Crippen LogP contribution in [0.4, 0.5) is 0 Å². The van der Waals surface area contributed by atoms with Crippen LogP contribution < -0.4 is 5.43 Å². The maximum atomic E-state index is 12.9. The molecule has 7 heteroatoms. The summed E-state index contributed by atoms with van der Waals surface area (Å²) in [6.07, 6.45) is 4.01. The lowest BCUT2D eigenvalue weighted by Crippen LogP contribution is -2.15. The van der Waals surface area contributed by atoms with Gasteiger partial charge in [0.15, 0.2) is 5.16 Å². The van der Waals surface area contributed by atoms with Crippen molar-refractivity contribution in [2.75, 3.05) is 12.4 Å². The first-order chi connectivity index (χ1) is 12.0. The van der Waals surface area contributed by atoms with Gasteiger partial charge in [-0.05, 0) is 39.5 Å². The molecule has 0 bridgehead atoms. The average molecular weight is 379 g/mol. The molecule has 1 aliphatic carbocycles. The number of carbonyl (C=O) groups is 1. The Hall–Kier alpha value is -1.60. The minimum absolute atomic E-state index is 0.0573. The summed E-state index contributed by atoms with van der Waals surface area (Å²) >= 11 is 2.99. The van der Waals surface area contributed by atoms with Gasteiger partial charge >= 0.3 is 5.97 Å².